The molecule has 1 aliphatic heterocycles. The molecule has 0 amide bonds. The fraction of sp³-hybridized carbons (Fsp3) is 1.00. The predicted molar refractivity (Wildman–Crippen MR) is 55.1 cm³/mol. The zero-order valence-electron chi connectivity index (χ0n) is 9.00. The lowest BCUT2D eigenvalue weighted by atomic mass is 9.94. The average Bonchev–Trinajstić information content (AvgIpc) is 2.84. The molecule has 2 N–H and O–H groups in total. The van der Waals surface area contributed by atoms with Crippen molar-refractivity contribution in [1.29, 1.82) is 0 Å². The summed E-state index contributed by atoms with van der Waals surface area (Å²) in [4.78, 5) is 2.31. The summed E-state index contributed by atoms with van der Waals surface area (Å²) in [7, 11) is 0. The minimum absolute atomic E-state index is 0.188. The number of piperidine rings is 1. The van der Waals surface area contributed by atoms with Gasteiger partial charge in [0.25, 0.3) is 0 Å². The number of hydrogen-bond acceptors (Lipinski definition) is 3. The lowest BCUT2D eigenvalue weighted by Gasteiger charge is -2.38. The van der Waals surface area contributed by atoms with Crippen LogP contribution in [0.4, 0.5) is 0 Å². The topological polar surface area (TPSA) is 43.7 Å². The van der Waals surface area contributed by atoms with E-state index in [0.717, 1.165) is 45.3 Å². The Bertz CT molecular complexity index is 211. The van der Waals surface area contributed by atoms with Gasteiger partial charge in [-0.25, -0.2) is 0 Å². The van der Waals surface area contributed by atoms with Gasteiger partial charge in [-0.05, 0) is 39.2 Å². The highest BCUT2D eigenvalue weighted by atomic mass is 16.3. The van der Waals surface area contributed by atoms with Crippen LogP contribution in [0.5, 0.6) is 0 Å². The number of nitrogens with zero attached hydrogens (tertiary/aromatic N) is 1. The van der Waals surface area contributed by atoms with Crippen LogP contribution < -0.4 is 0 Å². The third-order valence-corrected chi connectivity index (χ3v) is 3.61. The van der Waals surface area contributed by atoms with Crippen LogP contribution in [0.15, 0.2) is 0 Å². The first kappa shape index (κ1) is 10.4. The van der Waals surface area contributed by atoms with Crippen molar-refractivity contribution in [2.45, 2.75) is 38.2 Å². The van der Waals surface area contributed by atoms with Crippen molar-refractivity contribution in [3.63, 3.8) is 0 Å². The van der Waals surface area contributed by atoms with Gasteiger partial charge in [0.2, 0.25) is 0 Å². The average molecular weight is 199 g/mol. The van der Waals surface area contributed by atoms with Crippen molar-refractivity contribution in [1.82, 2.24) is 4.90 Å². The second-order valence-electron chi connectivity index (χ2n) is 5.47. The Kier molecular flexibility index (Phi) is 2.58. The Hall–Kier alpha value is -0.120. The molecule has 1 heterocycles. The third-order valence-electron chi connectivity index (χ3n) is 3.61. The van der Waals surface area contributed by atoms with E-state index in [1.165, 1.54) is 0 Å². The molecule has 2 fully saturated rings. The molecule has 0 aromatic rings. The lowest BCUT2D eigenvalue weighted by Crippen LogP contribution is -2.48. The van der Waals surface area contributed by atoms with Crippen LogP contribution in [0.1, 0.15) is 32.6 Å². The summed E-state index contributed by atoms with van der Waals surface area (Å²) in [6, 6.07) is 0. The number of aliphatic hydroxyl groups is 2. The standard InChI is InChI=1S/C11H21NO2/c1-10(14)3-2-6-12(7-10)8-11(9-13)4-5-11/h13-14H,2-9H2,1H3. The number of aliphatic hydroxyl groups excluding tert-OH is 1. The highest BCUT2D eigenvalue weighted by Gasteiger charge is 2.44. The molecule has 3 nitrogen and oxygen atoms in total. The van der Waals surface area contributed by atoms with E-state index in [-0.39, 0.29) is 5.41 Å². The predicted octanol–water partition coefficient (Wildman–Crippen LogP) is 0.606. The van der Waals surface area contributed by atoms with Gasteiger partial charge in [-0.2, -0.15) is 0 Å². The van der Waals surface area contributed by atoms with Gasteiger partial charge in [0.15, 0.2) is 0 Å². The molecule has 0 aromatic heterocycles. The van der Waals surface area contributed by atoms with Gasteiger partial charge >= 0.3 is 0 Å². The number of β-amino-alcohol motifs (C(OH)–C–C–N with tert-alkyl or cyclic N) is 1. The maximum absolute atomic E-state index is 9.93. The van der Waals surface area contributed by atoms with Gasteiger partial charge in [0.1, 0.15) is 0 Å². The highest BCUT2D eigenvalue weighted by Crippen LogP contribution is 2.46. The summed E-state index contributed by atoms with van der Waals surface area (Å²) >= 11 is 0. The van der Waals surface area contributed by atoms with E-state index in [1.54, 1.807) is 0 Å². The van der Waals surface area contributed by atoms with Crippen molar-refractivity contribution in [2.75, 3.05) is 26.2 Å². The molecule has 0 radical (unpaired) electrons. The lowest BCUT2D eigenvalue weighted by molar-refractivity contribution is -0.0243. The molecule has 2 aliphatic rings. The first-order valence-electron chi connectivity index (χ1n) is 5.61. The van der Waals surface area contributed by atoms with Crippen molar-refractivity contribution in [2.24, 2.45) is 5.41 Å². The van der Waals surface area contributed by atoms with Crippen LogP contribution in [0.25, 0.3) is 0 Å². The number of rotatable bonds is 3. The molecule has 82 valence electrons. The van der Waals surface area contributed by atoms with Gasteiger partial charge in [0, 0.05) is 25.1 Å². The largest absolute Gasteiger partial charge is 0.396 e. The highest BCUT2D eigenvalue weighted by molar-refractivity contribution is 4.96. The molecule has 1 aliphatic carbocycles. The van der Waals surface area contributed by atoms with E-state index in [1.807, 2.05) is 6.92 Å². The van der Waals surface area contributed by atoms with Crippen molar-refractivity contribution >= 4 is 0 Å². The third kappa shape index (κ3) is 2.27. The molecule has 1 saturated carbocycles. The molecule has 0 aromatic carbocycles. The molecular formula is C11H21NO2. The van der Waals surface area contributed by atoms with E-state index < -0.39 is 5.60 Å². The smallest absolute Gasteiger partial charge is 0.0746 e. The minimum atomic E-state index is -0.510. The molecule has 1 saturated heterocycles. The van der Waals surface area contributed by atoms with E-state index in [4.69, 9.17) is 0 Å². The van der Waals surface area contributed by atoms with Crippen molar-refractivity contribution in [3.05, 3.63) is 0 Å². The Balaban J connectivity index is 1.86. The molecule has 1 atom stereocenters. The molecule has 0 spiro atoms. The summed E-state index contributed by atoms with van der Waals surface area (Å²) < 4.78 is 0. The summed E-state index contributed by atoms with van der Waals surface area (Å²) in [5.41, 5.74) is -0.322. The minimum Gasteiger partial charge on any atom is -0.396 e. The Morgan fingerprint density at radius 2 is 2.00 bits per heavy atom. The molecule has 1 unspecified atom stereocenters. The monoisotopic (exact) mass is 199 g/mol. The molecule has 2 rings (SSSR count). The zero-order chi connectivity index (χ0) is 10.2. The van der Waals surface area contributed by atoms with Crippen LogP contribution in [0, 0.1) is 5.41 Å². The Morgan fingerprint density at radius 3 is 2.50 bits per heavy atom. The first-order chi connectivity index (χ1) is 6.55. The van der Waals surface area contributed by atoms with Gasteiger partial charge in [-0.15, -0.1) is 0 Å². The van der Waals surface area contributed by atoms with Crippen LogP contribution in [0.3, 0.4) is 0 Å². The summed E-state index contributed by atoms with van der Waals surface area (Å²) in [5, 5.41) is 19.2. The van der Waals surface area contributed by atoms with Crippen LogP contribution in [-0.4, -0.2) is 47.0 Å². The van der Waals surface area contributed by atoms with Crippen molar-refractivity contribution < 1.29 is 10.2 Å². The van der Waals surface area contributed by atoms with Crippen LogP contribution in [-0.2, 0) is 0 Å². The number of likely N-dealkylation sites (tertiary alicyclic amines) is 1. The zero-order valence-corrected chi connectivity index (χ0v) is 9.00. The normalized spacial score (nSPS) is 37.1. The maximum atomic E-state index is 9.93. The first-order valence-corrected chi connectivity index (χ1v) is 5.61. The summed E-state index contributed by atoms with van der Waals surface area (Å²) in [6.45, 7) is 5.05. The fourth-order valence-corrected chi connectivity index (χ4v) is 2.48. The van der Waals surface area contributed by atoms with Crippen LogP contribution in [0.2, 0.25) is 0 Å². The van der Waals surface area contributed by atoms with Crippen molar-refractivity contribution in [3.8, 4) is 0 Å². The molecule has 3 heteroatoms. The fourth-order valence-electron chi connectivity index (χ4n) is 2.48. The van der Waals surface area contributed by atoms with Gasteiger partial charge in [-0.3, -0.25) is 4.90 Å². The summed E-state index contributed by atoms with van der Waals surface area (Å²) in [6.07, 6.45) is 4.30. The quantitative estimate of drug-likeness (QED) is 0.700. The summed E-state index contributed by atoms with van der Waals surface area (Å²) in [5.74, 6) is 0. The van der Waals surface area contributed by atoms with E-state index in [0.29, 0.717) is 6.61 Å². The maximum Gasteiger partial charge on any atom is 0.0746 e. The van der Waals surface area contributed by atoms with Crippen LogP contribution >= 0.6 is 0 Å². The van der Waals surface area contributed by atoms with E-state index in [9.17, 15) is 10.2 Å². The second-order valence-corrected chi connectivity index (χ2v) is 5.47. The Morgan fingerprint density at radius 1 is 1.29 bits per heavy atom. The van der Waals surface area contributed by atoms with Gasteiger partial charge < -0.3 is 10.2 Å². The van der Waals surface area contributed by atoms with Gasteiger partial charge in [0.05, 0.1) is 5.60 Å². The SMILES string of the molecule is CC1(O)CCCN(CC2(CO)CC2)C1. The molecule has 14 heavy (non-hydrogen) atoms. The van der Waals surface area contributed by atoms with Gasteiger partial charge in [-0.1, -0.05) is 0 Å². The molecule has 0 bridgehead atoms. The second kappa shape index (κ2) is 3.47. The molecular weight excluding hydrogens is 178 g/mol. The Labute approximate surface area is 85.7 Å². The van der Waals surface area contributed by atoms with E-state index >= 15 is 0 Å². The van der Waals surface area contributed by atoms with E-state index in [2.05, 4.69) is 4.90 Å². The number of hydrogen-bond donors (Lipinski definition) is 2.